The van der Waals surface area contributed by atoms with Gasteiger partial charge in [0.25, 0.3) is 0 Å². The van der Waals surface area contributed by atoms with Crippen LogP contribution in [0.15, 0.2) is 18.2 Å². The maximum atomic E-state index is 13.5. The molecule has 1 aliphatic carbocycles. The lowest BCUT2D eigenvalue weighted by Gasteiger charge is -2.52. The Morgan fingerprint density at radius 1 is 1.50 bits per heavy atom. The van der Waals surface area contributed by atoms with Crippen LogP contribution >= 0.6 is 11.6 Å². The highest BCUT2D eigenvalue weighted by Crippen LogP contribution is 2.48. The summed E-state index contributed by atoms with van der Waals surface area (Å²) in [6.45, 7) is 3.88. The summed E-state index contributed by atoms with van der Waals surface area (Å²) in [6, 6.07) is 8.18. The van der Waals surface area contributed by atoms with Gasteiger partial charge in [-0.25, -0.2) is 0 Å². The molecule has 1 aromatic rings. The Bertz CT molecular complexity index is 815. The van der Waals surface area contributed by atoms with Gasteiger partial charge in [0.1, 0.15) is 0 Å². The molecule has 3 rings (SSSR count). The molecular formula is C22H29ClN4O. The molecule has 1 aromatic carbocycles. The van der Waals surface area contributed by atoms with Crippen LogP contribution in [0.3, 0.4) is 0 Å². The first-order valence-electron chi connectivity index (χ1n) is 10.2. The van der Waals surface area contributed by atoms with E-state index in [-0.39, 0.29) is 29.1 Å². The van der Waals surface area contributed by atoms with Gasteiger partial charge in [0, 0.05) is 30.4 Å². The number of nitrogens with one attached hydrogen (secondary N) is 2. The Labute approximate surface area is 172 Å². The molecule has 5 nitrogen and oxygen atoms in total. The lowest BCUT2D eigenvalue weighted by atomic mass is 9.65. The summed E-state index contributed by atoms with van der Waals surface area (Å²) in [6.07, 6.45) is 5.21. The van der Waals surface area contributed by atoms with E-state index in [9.17, 15) is 10.1 Å². The second-order valence-electron chi connectivity index (χ2n) is 8.20. The van der Waals surface area contributed by atoms with Crippen LogP contribution in [0.1, 0.15) is 57.9 Å². The van der Waals surface area contributed by atoms with Crippen molar-refractivity contribution in [2.75, 3.05) is 12.4 Å². The number of hydrogen-bond acceptors (Lipinski definition) is 4. The zero-order valence-electron chi connectivity index (χ0n) is 16.9. The fraction of sp³-hybridized carbons (Fsp3) is 0.591. The Balaban J connectivity index is 1.89. The number of halogens is 1. The van der Waals surface area contributed by atoms with Gasteiger partial charge in [0.2, 0.25) is 5.91 Å². The van der Waals surface area contributed by atoms with E-state index in [0.717, 1.165) is 44.2 Å². The van der Waals surface area contributed by atoms with Crippen LogP contribution < -0.4 is 5.32 Å². The van der Waals surface area contributed by atoms with Crippen LogP contribution in [0.2, 0.25) is 5.02 Å². The highest BCUT2D eigenvalue weighted by Gasteiger charge is 2.49. The summed E-state index contributed by atoms with van der Waals surface area (Å²) in [4.78, 5) is 15.5. The smallest absolute Gasteiger partial charge is 0.231 e. The second kappa shape index (κ2) is 8.13. The minimum atomic E-state index is -0.586. The number of anilines is 1. The molecule has 2 aliphatic rings. The molecule has 2 bridgehead atoms. The standard InChI is InChI=1S/C22H29ClN4O/c1-4-15-11-22(13-24)10-6-7-16(12-22)27(15)21(28)14(2)20(25)19-17(23)8-5-9-18(19)26-3/h5,8-9,14-16,25-26H,4,6-7,10-12H2,1-3H3. The number of benzene rings is 1. The summed E-state index contributed by atoms with van der Waals surface area (Å²) < 4.78 is 0. The molecule has 1 heterocycles. The molecule has 1 amide bonds. The zero-order chi connectivity index (χ0) is 20.5. The molecule has 2 N–H and O–H groups in total. The van der Waals surface area contributed by atoms with Gasteiger partial charge in [-0.1, -0.05) is 24.6 Å². The van der Waals surface area contributed by atoms with Gasteiger partial charge in [-0.3, -0.25) is 4.79 Å². The third-order valence-corrected chi connectivity index (χ3v) is 6.87. The van der Waals surface area contributed by atoms with Gasteiger partial charge < -0.3 is 15.6 Å². The number of likely N-dealkylation sites (tertiary alicyclic amines) is 1. The number of nitrogens with zero attached hydrogens (tertiary/aromatic N) is 2. The topological polar surface area (TPSA) is 80.0 Å². The number of hydrogen-bond donors (Lipinski definition) is 2. The molecule has 0 radical (unpaired) electrons. The van der Waals surface area contributed by atoms with Crippen molar-refractivity contribution in [2.24, 2.45) is 11.3 Å². The van der Waals surface area contributed by atoms with Crippen LogP contribution in [0.5, 0.6) is 0 Å². The third kappa shape index (κ3) is 3.51. The molecular weight excluding hydrogens is 372 g/mol. The molecule has 150 valence electrons. The number of amides is 1. The Hall–Kier alpha value is -2.06. The van der Waals surface area contributed by atoms with Crippen molar-refractivity contribution in [1.29, 1.82) is 10.7 Å². The Morgan fingerprint density at radius 2 is 2.25 bits per heavy atom. The maximum absolute atomic E-state index is 13.5. The summed E-state index contributed by atoms with van der Waals surface area (Å²) in [5.41, 5.74) is 1.30. The lowest BCUT2D eigenvalue weighted by Crippen LogP contribution is -2.58. The first-order chi connectivity index (χ1) is 13.4. The lowest BCUT2D eigenvalue weighted by molar-refractivity contribution is -0.144. The fourth-order valence-electron chi connectivity index (χ4n) is 5.02. The summed E-state index contributed by atoms with van der Waals surface area (Å²) in [7, 11) is 1.79. The highest BCUT2D eigenvalue weighted by atomic mass is 35.5. The van der Waals surface area contributed by atoms with Crippen molar-refractivity contribution in [1.82, 2.24) is 4.90 Å². The number of rotatable bonds is 5. The van der Waals surface area contributed by atoms with Gasteiger partial charge in [0.15, 0.2) is 0 Å². The fourth-order valence-corrected chi connectivity index (χ4v) is 5.30. The minimum Gasteiger partial charge on any atom is -0.388 e. The van der Waals surface area contributed by atoms with E-state index in [1.54, 1.807) is 20.0 Å². The van der Waals surface area contributed by atoms with Crippen LogP contribution in [-0.4, -0.2) is 35.7 Å². The van der Waals surface area contributed by atoms with Crippen molar-refractivity contribution in [2.45, 2.75) is 64.5 Å². The summed E-state index contributed by atoms with van der Waals surface area (Å²) in [5, 5.41) is 22.0. The molecule has 1 saturated carbocycles. The number of carbonyl (C=O) groups excluding carboxylic acids is 1. The molecule has 28 heavy (non-hydrogen) atoms. The zero-order valence-corrected chi connectivity index (χ0v) is 17.6. The van der Waals surface area contributed by atoms with E-state index < -0.39 is 5.92 Å². The molecule has 6 heteroatoms. The highest BCUT2D eigenvalue weighted by molar-refractivity contribution is 6.35. The van der Waals surface area contributed by atoms with Crippen molar-refractivity contribution >= 4 is 28.9 Å². The monoisotopic (exact) mass is 400 g/mol. The van der Waals surface area contributed by atoms with Gasteiger partial charge in [-0.05, 0) is 57.6 Å². The van der Waals surface area contributed by atoms with Crippen molar-refractivity contribution in [3.8, 4) is 6.07 Å². The number of fused-ring (bicyclic) bond motifs is 2. The normalized spacial score (nSPS) is 27.6. The van der Waals surface area contributed by atoms with Gasteiger partial charge in [-0.2, -0.15) is 5.26 Å². The molecule has 1 saturated heterocycles. The predicted molar refractivity (Wildman–Crippen MR) is 113 cm³/mol. The quantitative estimate of drug-likeness (QED) is 0.693. The van der Waals surface area contributed by atoms with E-state index in [1.165, 1.54) is 0 Å². The second-order valence-corrected chi connectivity index (χ2v) is 8.61. The molecule has 1 aliphatic heterocycles. The average Bonchev–Trinajstić information content (AvgIpc) is 2.71. The molecule has 4 unspecified atom stereocenters. The molecule has 2 fully saturated rings. The number of nitriles is 1. The van der Waals surface area contributed by atoms with Crippen molar-refractivity contribution in [3.63, 3.8) is 0 Å². The van der Waals surface area contributed by atoms with E-state index in [2.05, 4.69) is 18.3 Å². The van der Waals surface area contributed by atoms with Crippen molar-refractivity contribution < 1.29 is 4.79 Å². The van der Waals surface area contributed by atoms with Crippen LogP contribution in [-0.2, 0) is 4.79 Å². The molecule has 0 aromatic heterocycles. The minimum absolute atomic E-state index is 0.0164. The molecule has 0 spiro atoms. The third-order valence-electron chi connectivity index (χ3n) is 6.55. The Kier molecular flexibility index (Phi) is 6.00. The predicted octanol–water partition coefficient (Wildman–Crippen LogP) is 4.85. The Morgan fingerprint density at radius 3 is 2.89 bits per heavy atom. The first-order valence-corrected chi connectivity index (χ1v) is 10.5. The number of piperidine rings is 1. The van der Waals surface area contributed by atoms with E-state index in [4.69, 9.17) is 17.0 Å². The van der Waals surface area contributed by atoms with E-state index in [0.29, 0.717) is 10.6 Å². The summed E-state index contributed by atoms with van der Waals surface area (Å²) in [5.74, 6) is -0.602. The van der Waals surface area contributed by atoms with Gasteiger partial charge >= 0.3 is 0 Å². The number of carbonyl (C=O) groups is 1. The first kappa shape index (κ1) is 20.7. The van der Waals surface area contributed by atoms with Crippen LogP contribution in [0.25, 0.3) is 0 Å². The summed E-state index contributed by atoms with van der Waals surface area (Å²) >= 11 is 6.37. The molecule has 4 atom stereocenters. The van der Waals surface area contributed by atoms with Crippen LogP contribution in [0, 0.1) is 28.1 Å². The maximum Gasteiger partial charge on any atom is 0.231 e. The van der Waals surface area contributed by atoms with Crippen LogP contribution in [0.4, 0.5) is 5.69 Å². The largest absolute Gasteiger partial charge is 0.388 e. The average molecular weight is 401 g/mol. The SMILES string of the molecule is CCC1CC2(C#N)CCCC(C2)N1C(=O)C(C)C(=N)c1c(Cl)cccc1NC. The van der Waals surface area contributed by atoms with Gasteiger partial charge in [-0.15, -0.1) is 0 Å². The van der Waals surface area contributed by atoms with Gasteiger partial charge in [0.05, 0.1) is 28.1 Å². The van der Waals surface area contributed by atoms with Crippen molar-refractivity contribution in [3.05, 3.63) is 28.8 Å². The van der Waals surface area contributed by atoms with E-state index in [1.807, 2.05) is 17.0 Å². The van der Waals surface area contributed by atoms with E-state index >= 15 is 0 Å².